The fraction of sp³-hybridized carbons (Fsp3) is 0.647. The summed E-state index contributed by atoms with van der Waals surface area (Å²) >= 11 is 4.01. The zero-order chi connectivity index (χ0) is 13.0. The van der Waals surface area contributed by atoms with E-state index < -0.39 is 0 Å². The molecule has 1 aromatic rings. The number of benzene rings is 1. The Balaban J connectivity index is 1.63. The Labute approximate surface area is 124 Å². The molecule has 0 radical (unpaired) electrons. The lowest BCUT2D eigenvalue weighted by Crippen LogP contribution is -2.59. The third kappa shape index (κ3) is 1.99. The van der Waals surface area contributed by atoms with Crippen molar-refractivity contribution < 1.29 is 0 Å². The third-order valence-corrected chi connectivity index (χ3v) is 6.99. The molecular formula is C17H22BrN. The molecule has 19 heavy (non-hydrogen) atoms. The molecule has 3 atom stereocenters. The summed E-state index contributed by atoms with van der Waals surface area (Å²) < 4.78 is 0. The van der Waals surface area contributed by atoms with Crippen molar-refractivity contribution in [2.24, 2.45) is 29.4 Å². The fourth-order valence-electron chi connectivity index (χ4n) is 5.46. The summed E-state index contributed by atoms with van der Waals surface area (Å²) in [7, 11) is 0. The van der Waals surface area contributed by atoms with Crippen LogP contribution < -0.4 is 5.73 Å². The van der Waals surface area contributed by atoms with E-state index in [0.29, 0.717) is 4.83 Å². The second-order valence-corrected chi connectivity index (χ2v) is 8.21. The molecule has 0 spiro atoms. The maximum atomic E-state index is 6.61. The maximum absolute atomic E-state index is 6.61. The predicted molar refractivity (Wildman–Crippen MR) is 82.1 cm³/mol. The van der Waals surface area contributed by atoms with Crippen molar-refractivity contribution >= 4 is 15.9 Å². The summed E-state index contributed by atoms with van der Waals surface area (Å²) in [6, 6.07) is 11.0. The van der Waals surface area contributed by atoms with E-state index in [9.17, 15) is 0 Å². The highest BCUT2D eigenvalue weighted by Gasteiger charge is 2.55. The first-order valence-corrected chi connectivity index (χ1v) is 8.54. The quantitative estimate of drug-likeness (QED) is 0.809. The highest BCUT2D eigenvalue weighted by Crippen LogP contribution is 2.61. The molecule has 4 aliphatic rings. The topological polar surface area (TPSA) is 26.0 Å². The summed E-state index contributed by atoms with van der Waals surface area (Å²) in [5.41, 5.74) is 8.25. The van der Waals surface area contributed by atoms with Crippen molar-refractivity contribution in [2.45, 2.75) is 42.5 Å². The Morgan fingerprint density at radius 2 is 1.68 bits per heavy atom. The maximum Gasteiger partial charge on any atom is 0.0428 e. The Morgan fingerprint density at radius 1 is 1.05 bits per heavy atom. The molecule has 0 aliphatic heterocycles. The standard InChI is InChI=1S/C17H22BrN/c18-16(12-4-2-1-3-5-12)15-13-6-11-7-14(15)10-17(19,8-11)9-13/h1-5,11,13-16H,6-10,19H2. The minimum absolute atomic E-state index is 0.191. The summed E-state index contributed by atoms with van der Waals surface area (Å²) in [5, 5.41) is 0. The molecule has 102 valence electrons. The molecule has 3 unspecified atom stereocenters. The number of nitrogens with two attached hydrogens (primary N) is 1. The van der Waals surface area contributed by atoms with Crippen LogP contribution in [0.15, 0.2) is 30.3 Å². The van der Waals surface area contributed by atoms with Gasteiger partial charge in [0.25, 0.3) is 0 Å². The van der Waals surface area contributed by atoms with Crippen LogP contribution in [0.25, 0.3) is 0 Å². The third-order valence-electron chi connectivity index (χ3n) is 5.85. The molecule has 2 heteroatoms. The Kier molecular flexibility index (Phi) is 2.82. The molecule has 1 nitrogen and oxygen atoms in total. The SMILES string of the molecule is NC12CC3CC(C1)C(C(Br)c1ccccc1)C(C3)C2. The van der Waals surface area contributed by atoms with Gasteiger partial charge in [-0.1, -0.05) is 46.3 Å². The van der Waals surface area contributed by atoms with Gasteiger partial charge < -0.3 is 5.73 Å². The van der Waals surface area contributed by atoms with E-state index in [4.69, 9.17) is 5.73 Å². The first-order valence-electron chi connectivity index (χ1n) is 7.62. The average Bonchev–Trinajstić information content (AvgIpc) is 2.37. The van der Waals surface area contributed by atoms with Crippen LogP contribution in [0.3, 0.4) is 0 Å². The van der Waals surface area contributed by atoms with E-state index in [1.807, 2.05) is 0 Å². The van der Waals surface area contributed by atoms with Gasteiger partial charge in [-0.25, -0.2) is 0 Å². The molecular weight excluding hydrogens is 298 g/mol. The zero-order valence-corrected chi connectivity index (χ0v) is 12.9. The van der Waals surface area contributed by atoms with Gasteiger partial charge in [0.2, 0.25) is 0 Å². The molecule has 0 amide bonds. The lowest BCUT2D eigenvalue weighted by Gasteiger charge is -2.60. The van der Waals surface area contributed by atoms with Crippen LogP contribution >= 0.6 is 15.9 Å². The van der Waals surface area contributed by atoms with Crippen molar-refractivity contribution in [3.05, 3.63) is 35.9 Å². The molecule has 4 aliphatic carbocycles. The summed E-state index contributed by atoms with van der Waals surface area (Å²) in [5.74, 6) is 3.42. The van der Waals surface area contributed by atoms with Gasteiger partial charge in [0.1, 0.15) is 0 Å². The largest absolute Gasteiger partial charge is 0.325 e. The van der Waals surface area contributed by atoms with Crippen molar-refractivity contribution in [3.8, 4) is 0 Å². The van der Waals surface area contributed by atoms with Crippen LogP contribution in [0.5, 0.6) is 0 Å². The molecule has 1 aromatic carbocycles. The average molecular weight is 320 g/mol. The minimum Gasteiger partial charge on any atom is -0.325 e. The molecule has 5 rings (SSSR count). The van der Waals surface area contributed by atoms with Crippen molar-refractivity contribution in [2.75, 3.05) is 0 Å². The van der Waals surface area contributed by atoms with Crippen LogP contribution in [0.4, 0.5) is 0 Å². The Bertz CT molecular complexity index is 455. The minimum atomic E-state index is 0.191. The second kappa shape index (κ2) is 4.33. The van der Waals surface area contributed by atoms with Gasteiger partial charge in [0.05, 0.1) is 0 Å². The van der Waals surface area contributed by atoms with Gasteiger partial charge in [-0.15, -0.1) is 0 Å². The van der Waals surface area contributed by atoms with E-state index in [-0.39, 0.29) is 5.54 Å². The van der Waals surface area contributed by atoms with E-state index in [1.165, 1.54) is 37.7 Å². The smallest absolute Gasteiger partial charge is 0.0428 e. The summed E-state index contributed by atoms with van der Waals surface area (Å²) in [6.45, 7) is 0. The normalized spacial score (nSPS) is 45.4. The van der Waals surface area contributed by atoms with Crippen molar-refractivity contribution in [3.63, 3.8) is 0 Å². The van der Waals surface area contributed by atoms with Gasteiger partial charge in [0.15, 0.2) is 0 Å². The first kappa shape index (κ1) is 12.4. The first-order chi connectivity index (χ1) is 9.15. The van der Waals surface area contributed by atoms with E-state index >= 15 is 0 Å². The Hall–Kier alpha value is -0.340. The van der Waals surface area contributed by atoms with E-state index in [1.54, 1.807) is 0 Å². The number of halogens is 1. The Morgan fingerprint density at radius 3 is 2.26 bits per heavy atom. The number of rotatable bonds is 2. The zero-order valence-electron chi connectivity index (χ0n) is 11.3. The summed E-state index contributed by atoms with van der Waals surface area (Å²) in [6.07, 6.45) is 6.67. The van der Waals surface area contributed by atoms with Gasteiger partial charge in [-0.05, 0) is 61.3 Å². The van der Waals surface area contributed by atoms with Crippen molar-refractivity contribution in [1.29, 1.82) is 0 Å². The van der Waals surface area contributed by atoms with Crippen molar-refractivity contribution in [1.82, 2.24) is 0 Å². The van der Waals surface area contributed by atoms with Crippen LogP contribution in [0.2, 0.25) is 0 Å². The van der Waals surface area contributed by atoms with Gasteiger partial charge in [0, 0.05) is 10.4 Å². The number of hydrogen-bond acceptors (Lipinski definition) is 1. The van der Waals surface area contributed by atoms with Gasteiger partial charge in [-0.3, -0.25) is 0 Å². The van der Waals surface area contributed by atoms with Crippen LogP contribution in [0, 0.1) is 23.7 Å². The lowest BCUT2D eigenvalue weighted by molar-refractivity contribution is -0.0512. The van der Waals surface area contributed by atoms with Gasteiger partial charge in [-0.2, -0.15) is 0 Å². The lowest BCUT2D eigenvalue weighted by atomic mass is 9.48. The molecule has 2 N–H and O–H groups in total. The van der Waals surface area contributed by atoms with E-state index in [2.05, 4.69) is 46.3 Å². The molecule has 0 saturated heterocycles. The molecule has 4 fully saturated rings. The molecule has 0 aromatic heterocycles. The molecule has 0 heterocycles. The molecule has 4 bridgehead atoms. The second-order valence-electron chi connectivity index (χ2n) is 7.22. The monoisotopic (exact) mass is 319 g/mol. The fourth-order valence-corrected chi connectivity index (χ4v) is 6.63. The van der Waals surface area contributed by atoms with Crippen LogP contribution in [0.1, 0.15) is 42.5 Å². The summed E-state index contributed by atoms with van der Waals surface area (Å²) in [4.78, 5) is 0.521. The number of alkyl halides is 1. The van der Waals surface area contributed by atoms with Gasteiger partial charge >= 0.3 is 0 Å². The van der Waals surface area contributed by atoms with Crippen LogP contribution in [-0.4, -0.2) is 5.54 Å². The highest BCUT2D eigenvalue weighted by atomic mass is 79.9. The number of hydrogen-bond donors (Lipinski definition) is 1. The highest BCUT2D eigenvalue weighted by molar-refractivity contribution is 9.09. The molecule has 4 saturated carbocycles. The van der Waals surface area contributed by atoms with E-state index in [0.717, 1.165) is 23.7 Å². The predicted octanol–water partition coefficient (Wildman–Crippen LogP) is 4.28. The van der Waals surface area contributed by atoms with Crippen LogP contribution in [-0.2, 0) is 0 Å².